The van der Waals surface area contributed by atoms with E-state index in [1.807, 2.05) is 13.0 Å². The zero-order valence-electron chi connectivity index (χ0n) is 25.6. The van der Waals surface area contributed by atoms with Crippen molar-refractivity contribution in [2.45, 2.75) is 65.5 Å². The van der Waals surface area contributed by atoms with E-state index >= 15 is 0 Å². The molecule has 0 atom stereocenters. The minimum absolute atomic E-state index is 0.204. The van der Waals surface area contributed by atoms with Gasteiger partial charge in [0.05, 0.1) is 36.2 Å². The number of carbonyl (C=O) groups is 3. The summed E-state index contributed by atoms with van der Waals surface area (Å²) in [6.07, 6.45) is 1.40. The molecule has 3 aromatic carbocycles. The lowest BCUT2D eigenvalue weighted by Crippen LogP contribution is -2.31. The van der Waals surface area contributed by atoms with Gasteiger partial charge in [0, 0.05) is 41.3 Å². The largest absolute Gasteiger partial charge is 0.490 e. The van der Waals surface area contributed by atoms with E-state index in [0.29, 0.717) is 30.7 Å². The van der Waals surface area contributed by atoms with Crippen molar-refractivity contribution in [3.05, 3.63) is 81.9 Å². The van der Waals surface area contributed by atoms with E-state index in [0.717, 1.165) is 39.5 Å². The second kappa shape index (κ2) is 11.2. The van der Waals surface area contributed by atoms with Crippen LogP contribution in [0.1, 0.15) is 84.5 Å². The van der Waals surface area contributed by atoms with Gasteiger partial charge in [-0.3, -0.25) is 14.6 Å². The van der Waals surface area contributed by atoms with Crippen molar-refractivity contribution in [2.75, 3.05) is 24.4 Å². The molecule has 0 saturated carbocycles. The Balaban J connectivity index is 1.62. The monoisotopic (exact) mass is 583 g/mol. The first kappa shape index (κ1) is 29.8. The molecule has 0 radical (unpaired) electrons. The number of fused-ring (bicyclic) bond motifs is 3. The number of anilines is 2. The van der Waals surface area contributed by atoms with E-state index in [2.05, 4.69) is 44.4 Å². The third-order valence-corrected chi connectivity index (χ3v) is 7.37. The Bertz CT molecular complexity index is 1670. The van der Waals surface area contributed by atoms with Gasteiger partial charge in [0.15, 0.2) is 11.5 Å². The molecule has 2 N–H and O–H groups in total. The van der Waals surface area contributed by atoms with Crippen LogP contribution < -0.4 is 20.1 Å². The van der Waals surface area contributed by atoms with Crippen molar-refractivity contribution in [1.29, 1.82) is 0 Å². The van der Waals surface area contributed by atoms with Crippen molar-refractivity contribution < 1.29 is 28.6 Å². The maximum absolute atomic E-state index is 13.4. The molecule has 2 amide bonds. The molecule has 3 aromatic rings. The number of methoxy groups -OCH3 is 1. The molecule has 2 aliphatic heterocycles. The van der Waals surface area contributed by atoms with Crippen LogP contribution in [0.2, 0.25) is 0 Å². The van der Waals surface area contributed by atoms with Crippen LogP contribution in [0.25, 0.3) is 0 Å². The summed E-state index contributed by atoms with van der Waals surface area (Å²) >= 11 is 0. The highest BCUT2D eigenvalue weighted by atomic mass is 16.5. The van der Waals surface area contributed by atoms with E-state index < -0.39 is 23.0 Å². The Morgan fingerprint density at radius 2 is 1.77 bits per heavy atom. The molecule has 0 bridgehead atoms. The zero-order chi connectivity index (χ0) is 31.1. The topological polar surface area (TPSA) is 115 Å². The molecule has 0 saturated heterocycles. The number of nitrogens with one attached hydrogen (secondary N) is 2. The van der Waals surface area contributed by atoms with Crippen LogP contribution in [0.5, 0.6) is 11.5 Å². The lowest BCUT2D eigenvalue weighted by Gasteiger charge is -2.31. The quantitative estimate of drug-likeness (QED) is 0.331. The van der Waals surface area contributed by atoms with E-state index in [1.165, 1.54) is 14.0 Å². The number of benzene rings is 3. The fourth-order valence-electron chi connectivity index (χ4n) is 5.76. The zero-order valence-corrected chi connectivity index (χ0v) is 25.6. The van der Waals surface area contributed by atoms with Crippen LogP contribution in [0.3, 0.4) is 0 Å². The Morgan fingerprint density at radius 3 is 2.47 bits per heavy atom. The predicted octanol–water partition coefficient (Wildman–Crippen LogP) is 5.97. The van der Waals surface area contributed by atoms with Crippen molar-refractivity contribution in [3.8, 4) is 11.5 Å². The van der Waals surface area contributed by atoms with E-state index in [4.69, 9.17) is 19.2 Å². The van der Waals surface area contributed by atoms with Gasteiger partial charge in [0.2, 0.25) is 5.91 Å². The lowest BCUT2D eigenvalue weighted by molar-refractivity contribution is -0.114. The summed E-state index contributed by atoms with van der Waals surface area (Å²) in [5, 5.41) is 5.57. The highest BCUT2D eigenvalue weighted by molar-refractivity contribution is 6.18. The second-order valence-corrected chi connectivity index (χ2v) is 12.1. The standard InChI is InChI=1S/C34H37N3O6/c1-8-42-27-16-22-17-33(3,4)37-29(28(22)25-18-34(5,6)43-30(25)27)20-12-13-24(32(40)41-7)26(15-20)36-31(39)21-10-9-11-23(14-21)35-19(2)38/h9-16H,8,17-18H2,1-7H3,(H,35,38)(H,36,39). The van der Waals surface area contributed by atoms with Crippen molar-refractivity contribution in [2.24, 2.45) is 4.99 Å². The van der Waals surface area contributed by atoms with Crippen LogP contribution >= 0.6 is 0 Å². The van der Waals surface area contributed by atoms with E-state index in [9.17, 15) is 14.4 Å². The summed E-state index contributed by atoms with van der Waals surface area (Å²) in [5.74, 6) is 0.185. The number of rotatable bonds is 7. The van der Waals surface area contributed by atoms with Gasteiger partial charge < -0.3 is 24.8 Å². The minimum Gasteiger partial charge on any atom is -0.490 e. The minimum atomic E-state index is -0.586. The van der Waals surface area contributed by atoms with Crippen molar-refractivity contribution in [1.82, 2.24) is 0 Å². The molecule has 0 aromatic heterocycles. The molecule has 2 aliphatic rings. The van der Waals surface area contributed by atoms with Gasteiger partial charge in [0.1, 0.15) is 5.60 Å². The molecule has 9 nitrogen and oxygen atoms in total. The highest BCUT2D eigenvalue weighted by Gasteiger charge is 2.40. The third-order valence-electron chi connectivity index (χ3n) is 7.37. The summed E-state index contributed by atoms with van der Waals surface area (Å²) in [6.45, 7) is 12.1. The summed E-state index contributed by atoms with van der Waals surface area (Å²) in [6, 6.07) is 13.9. The summed E-state index contributed by atoms with van der Waals surface area (Å²) in [5.41, 5.74) is 5.10. The normalized spacial score (nSPS) is 15.7. The van der Waals surface area contributed by atoms with Gasteiger partial charge in [0.25, 0.3) is 5.91 Å². The molecule has 224 valence electrons. The van der Waals surface area contributed by atoms with Gasteiger partial charge in [-0.15, -0.1) is 0 Å². The van der Waals surface area contributed by atoms with E-state index in [-0.39, 0.29) is 17.2 Å². The third kappa shape index (κ3) is 6.11. The molecular formula is C34H37N3O6. The molecule has 43 heavy (non-hydrogen) atoms. The number of carbonyl (C=O) groups excluding carboxylic acids is 3. The number of nitrogens with zero attached hydrogens (tertiary/aromatic N) is 1. The van der Waals surface area contributed by atoms with Crippen LogP contribution in [0.4, 0.5) is 11.4 Å². The van der Waals surface area contributed by atoms with Gasteiger partial charge in [-0.05, 0) is 83.0 Å². The number of ether oxygens (including phenoxy) is 3. The number of hydrogen-bond acceptors (Lipinski definition) is 7. The van der Waals surface area contributed by atoms with Crippen molar-refractivity contribution in [3.63, 3.8) is 0 Å². The fourth-order valence-corrected chi connectivity index (χ4v) is 5.76. The average Bonchev–Trinajstić information content (AvgIpc) is 3.26. The van der Waals surface area contributed by atoms with Crippen molar-refractivity contribution >= 4 is 34.9 Å². The van der Waals surface area contributed by atoms with Crippen LogP contribution in [-0.4, -0.2) is 48.4 Å². The fraction of sp³-hybridized carbons (Fsp3) is 0.353. The molecule has 0 unspecified atom stereocenters. The maximum atomic E-state index is 13.4. The molecular weight excluding hydrogens is 546 g/mol. The lowest BCUT2D eigenvalue weighted by atomic mass is 9.80. The number of aliphatic imine (C=N–C) groups is 1. The highest BCUT2D eigenvalue weighted by Crippen LogP contribution is 2.48. The summed E-state index contributed by atoms with van der Waals surface area (Å²) in [7, 11) is 1.30. The molecule has 0 spiro atoms. The number of amides is 2. The Labute approximate surface area is 251 Å². The van der Waals surface area contributed by atoms with Gasteiger partial charge in [-0.1, -0.05) is 12.1 Å². The smallest absolute Gasteiger partial charge is 0.339 e. The predicted molar refractivity (Wildman–Crippen MR) is 166 cm³/mol. The second-order valence-electron chi connectivity index (χ2n) is 12.1. The van der Waals surface area contributed by atoms with Gasteiger partial charge >= 0.3 is 5.97 Å². The van der Waals surface area contributed by atoms with Gasteiger partial charge in [-0.2, -0.15) is 0 Å². The first-order valence-corrected chi connectivity index (χ1v) is 14.3. The first-order valence-electron chi connectivity index (χ1n) is 14.3. The molecule has 5 rings (SSSR count). The Hall–Kier alpha value is -4.66. The van der Waals surface area contributed by atoms with Crippen LogP contribution in [-0.2, 0) is 22.4 Å². The van der Waals surface area contributed by atoms with Crippen LogP contribution in [0, 0.1) is 0 Å². The van der Waals surface area contributed by atoms with Crippen LogP contribution in [0.15, 0.2) is 53.5 Å². The molecule has 2 heterocycles. The molecule has 0 aliphatic carbocycles. The van der Waals surface area contributed by atoms with Gasteiger partial charge in [-0.25, -0.2) is 4.79 Å². The molecule has 9 heteroatoms. The molecule has 0 fully saturated rings. The van der Waals surface area contributed by atoms with E-state index in [1.54, 1.807) is 36.4 Å². The Kier molecular flexibility index (Phi) is 7.77. The average molecular weight is 584 g/mol. The SMILES string of the molecule is CCOc1cc2c(c3c1OC(C)(C)C3)C(c1ccc(C(=O)OC)c(NC(=O)c3cccc(NC(C)=O)c3)c1)=NC(C)(C)C2. The number of esters is 1. The Morgan fingerprint density at radius 1 is 1.00 bits per heavy atom. The maximum Gasteiger partial charge on any atom is 0.339 e. The summed E-state index contributed by atoms with van der Waals surface area (Å²) < 4.78 is 17.4. The first-order chi connectivity index (χ1) is 20.3. The number of hydrogen-bond donors (Lipinski definition) is 2. The summed E-state index contributed by atoms with van der Waals surface area (Å²) in [4.78, 5) is 42.9.